The van der Waals surface area contributed by atoms with Gasteiger partial charge in [0.25, 0.3) is 5.91 Å². The third-order valence-electron chi connectivity index (χ3n) is 3.41. The van der Waals surface area contributed by atoms with Crippen LogP contribution in [0, 0.1) is 0 Å². The summed E-state index contributed by atoms with van der Waals surface area (Å²) >= 11 is 11.7. The molecule has 1 saturated heterocycles. The van der Waals surface area contributed by atoms with E-state index in [1.165, 1.54) is 4.90 Å². The zero-order valence-corrected chi connectivity index (χ0v) is 12.9. The number of benzene rings is 2. The van der Waals surface area contributed by atoms with Crippen molar-refractivity contribution in [2.45, 2.75) is 0 Å². The van der Waals surface area contributed by atoms with Crippen molar-refractivity contribution in [3.05, 3.63) is 69.7 Å². The van der Waals surface area contributed by atoms with Crippen LogP contribution in [0.15, 0.2) is 54.1 Å². The van der Waals surface area contributed by atoms with Gasteiger partial charge in [-0.3, -0.25) is 9.59 Å². The molecular formula is C17H11Cl2NO2. The van der Waals surface area contributed by atoms with Crippen LogP contribution in [0.3, 0.4) is 0 Å². The molecule has 2 aromatic carbocycles. The minimum Gasteiger partial charge on any atom is -0.301 e. The van der Waals surface area contributed by atoms with Gasteiger partial charge in [0.05, 0.1) is 6.54 Å². The maximum atomic E-state index is 12.1. The van der Waals surface area contributed by atoms with Gasteiger partial charge < -0.3 is 4.90 Å². The molecule has 110 valence electrons. The lowest BCUT2D eigenvalue weighted by Crippen LogP contribution is -2.26. The van der Waals surface area contributed by atoms with Crippen molar-refractivity contribution in [2.75, 3.05) is 11.4 Å². The summed E-state index contributed by atoms with van der Waals surface area (Å²) in [6.45, 7) is 0.252. The van der Waals surface area contributed by atoms with Crippen LogP contribution >= 0.6 is 23.2 Å². The number of ketones is 1. The Balaban J connectivity index is 1.89. The first-order valence-corrected chi connectivity index (χ1v) is 7.38. The van der Waals surface area contributed by atoms with Crippen LogP contribution < -0.4 is 4.90 Å². The van der Waals surface area contributed by atoms with Gasteiger partial charge in [0.2, 0.25) is 5.78 Å². The van der Waals surface area contributed by atoms with E-state index in [0.717, 1.165) is 5.56 Å². The molecule has 0 aromatic heterocycles. The Labute approximate surface area is 137 Å². The largest absolute Gasteiger partial charge is 0.301 e. The number of rotatable bonds is 2. The van der Waals surface area contributed by atoms with E-state index in [2.05, 4.69) is 0 Å². The summed E-state index contributed by atoms with van der Waals surface area (Å²) in [7, 11) is 0. The third-order valence-corrected chi connectivity index (χ3v) is 3.91. The molecule has 1 amide bonds. The van der Waals surface area contributed by atoms with Crippen molar-refractivity contribution < 1.29 is 9.59 Å². The van der Waals surface area contributed by atoms with Gasteiger partial charge in [0.15, 0.2) is 0 Å². The molecule has 1 fully saturated rings. The molecule has 1 aliphatic rings. The molecule has 1 heterocycles. The molecule has 0 bridgehead atoms. The summed E-state index contributed by atoms with van der Waals surface area (Å²) in [6, 6.07) is 13.9. The first kappa shape index (κ1) is 14.8. The summed E-state index contributed by atoms with van der Waals surface area (Å²) in [6.07, 6.45) is 1.71. The molecular weight excluding hydrogens is 321 g/mol. The number of hydrogen-bond acceptors (Lipinski definition) is 2. The van der Waals surface area contributed by atoms with Crippen LogP contribution in [0.25, 0.3) is 6.08 Å². The lowest BCUT2D eigenvalue weighted by molar-refractivity contribution is -0.132. The van der Waals surface area contributed by atoms with Gasteiger partial charge in [0, 0.05) is 21.3 Å². The average Bonchev–Trinajstić information content (AvgIpc) is 2.79. The van der Waals surface area contributed by atoms with Gasteiger partial charge >= 0.3 is 0 Å². The summed E-state index contributed by atoms with van der Waals surface area (Å²) in [5, 5.41) is 1.21. The summed E-state index contributed by atoms with van der Waals surface area (Å²) in [4.78, 5) is 25.7. The van der Waals surface area contributed by atoms with Crippen LogP contribution in [0.2, 0.25) is 10.0 Å². The van der Waals surface area contributed by atoms with E-state index in [-0.39, 0.29) is 6.54 Å². The van der Waals surface area contributed by atoms with Gasteiger partial charge in [-0.1, -0.05) is 35.3 Å². The van der Waals surface area contributed by atoms with Gasteiger partial charge in [-0.15, -0.1) is 0 Å². The number of halogens is 2. The predicted molar refractivity (Wildman–Crippen MR) is 88.2 cm³/mol. The van der Waals surface area contributed by atoms with Crippen LogP contribution in [0.5, 0.6) is 0 Å². The van der Waals surface area contributed by atoms with Crippen LogP contribution in [0.4, 0.5) is 5.69 Å². The van der Waals surface area contributed by atoms with E-state index in [1.54, 1.807) is 54.6 Å². The van der Waals surface area contributed by atoms with Crippen LogP contribution in [0.1, 0.15) is 5.56 Å². The molecule has 22 heavy (non-hydrogen) atoms. The second kappa shape index (κ2) is 5.95. The Morgan fingerprint density at radius 2 is 1.41 bits per heavy atom. The van der Waals surface area contributed by atoms with E-state index in [9.17, 15) is 9.59 Å². The first-order valence-electron chi connectivity index (χ1n) is 6.62. The minimum absolute atomic E-state index is 0.252. The summed E-state index contributed by atoms with van der Waals surface area (Å²) < 4.78 is 0. The monoisotopic (exact) mass is 331 g/mol. The third kappa shape index (κ3) is 2.91. The van der Waals surface area contributed by atoms with E-state index >= 15 is 0 Å². The fourth-order valence-corrected chi connectivity index (χ4v) is 2.53. The van der Waals surface area contributed by atoms with E-state index < -0.39 is 11.7 Å². The van der Waals surface area contributed by atoms with E-state index in [4.69, 9.17) is 23.2 Å². The number of hydrogen-bond donors (Lipinski definition) is 0. The van der Waals surface area contributed by atoms with Crippen molar-refractivity contribution in [1.82, 2.24) is 0 Å². The predicted octanol–water partition coefficient (Wildman–Crippen LogP) is 3.99. The number of nitrogens with zero attached hydrogens (tertiary/aromatic N) is 1. The number of amides is 1. The van der Waals surface area contributed by atoms with Crippen molar-refractivity contribution >= 4 is 46.7 Å². The van der Waals surface area contributed by atoms with Gasteiger partial charge in [0.1, 0.15) is 0 Å². The van der Waals surface area contributed by atoms with Gasteiger partial charge in [-0.05, 0) is 48.0 Å². The number of Topliss-reactive ketones (excluding diaryl/α,β-unsaturated/α-hetero) is 1. The van der Waals surface area contributed by atoms with Crippen LogP contribution in [-0.2, 0) is 9.59 Å². The number of carbonyl (C=O) groups excluding carboxylic acids is 2. The maximum Gasteiger partial charge on any atom is 0.299 e. The number of anilines is 1. The molecule has 0 saturated carbocycles. The molecule has 0 unspecified atom stereocenters. The first-order chi connectivity index (χ1) is 10.5. The average molecular weight is 332 g/mol. The molecule has 0 spiro atoms. The van der Waals surface area contributed by atoms with E-state index in [0.29, 0.717) is 21.3 Å². The molecule has 3 nitrogen and oxygen atoms in total. The topological polar surface area (TPSA) is 37.4 Å². The molecule has 0 N–H and O–H groups in total. The Hall–Kier alpha value is -2.10. The van der Waals surface area contributed by atoms with Crippen molar-refractivity contribution in [3.8, 4) is 0 Å². The molecule has 0 aliphatic carbocycles. The number of carbonyl (C=O) groups is 2. The fraction of sp³-hybridized carbons (Fsp3) is 0.0588. The molecule has 0 radical (unpaired) electrons. The maximum absolute atomic E-state index is 12.1. The van der Waals surface area contributed by atoms with Gasteiger partial charge in [-0.25, -0.2) is 0 Å². The van der Waals surface area contributed by atoms with E-state index in [1.807, 2.05) is 0 Å². The summed E-state index contributed by atoms with van der Waals surface area (Å²) in [5.74, 6) is -1.01. The quantitative estimate of drug-likeness (QED) is 0.616. The lowest BCUT2D eigenvalue weighted by Gasteiger charge is -2.14. The Bertz CT molecular complexity index is 764. The van der Waals surface area contributed by atoms with Crippen molar-refractivity contribution in [3.63, 3.8) is 0 Å². The summed E-state index contributed by atoms with van der Waals surface area (Å²) in [5.41, 5.74) is 1.95. The standard InChI is InChI=1S/C17H11Cl2NO2/c18-13-3-1-11(2-4-13)9-12-10-20(17(22)16(12)21)15-7-5-14(19)6-8-15/h1-9H,10H2. The normalized spacial score (nSPS) is 16.6. The fourth-order valence-electron chi connectivity index (χ4n) is 2.27. The zero-order chi connectivity index (χ0) is 15.7. The SMILES string of the molecule is O=C1C(=O)N(c2ccc(Cl)cc2)CC1=Cc1ccc(Cl)cc1. The lowest BCUT2D eigenvalue weighted by atomic mass is 10.1. The smallest absolute Gasteiger partial charge is 0.299 e. The second-order valence-electron chi connectivity index (χ2n) is 4.92. The Morgan fingerprint density at radius 3 is 2.00 bits per heavy atom. The molecule has 2 aromatic rings. The second-order valence-corrected chi connectivity index (χ2v) is 5.79. The Morgan fingerprint density at radius 1 is 0.864 bits per heavy atom. The highest BCUT2D eigenvalue weighted by Gasteiger charge is 2.34. The molecule has 3 rings (SSSR count). The molecule has 0 atom stereocenters. The highest BCUT2D eigenvalue weighted by atomic mass is 35.5. The minimum atomic E-state index is -0.525. The van der Waals surface area contributed by atoms with Crippen molar-refractivity contribution in [2.24, 2.45) is 0 Å². The highest BCUT2D eigenvalue weighted by Crippen LogP contribution is 2.25. The zero-order valence-electron chi connectivity index (χ0n) is 11.4. The van der Waals surface area contributed by atoms with Crippen LogP contribution in [-0.4, -0.2) is 18.2 Å². The Kier molecular flexibility index (Phi) is 4.01. The van der Waals surface area contributed by atoms with Crippen molar-refractivity contribution in [1.29, 1.82) is 0 Å². The molecule has 1 aliphatic heterocycles. The molecule has 5 heteroatoms. The highest BCUT2D eigenvalue weighted by molar-refractivity contribution is 6.51. The van der Waals surface area contributed by atoms with Gasteiger partial charge in [-0.2, -0.15) is 0 Å².